The molecule has 1 aromatic carbocycles. The van der Waals surface area contributed by atoms with Gasteiger partial charge in [0.25, 0.3) is 0 Å². The molecule has 16 heavy (non-hydrogen) atoms. The Balaban J connectivity index is 1.70. The Morgan fingerprint density at radius 1 is 1.25 bits per heavy atom. The first-order valence-electron chi connectivity index (χ1n) is 6.67. The van der Waals surface area contributed by atoms with Crippen LogP contribution >= 0.6 is 0 Å². The van der Waals surface area contributed by atoms with E-state index in [9.17, 15) is 0 Å². The molecule has 0 aliphatic heterocycles. The average Bonchev–Trinajstić information content (AvgIpc) is 3.13. The summed E-state index contributed by atoms with van der Waals surface area (Å²) < 4.78 is 0. The van der Waals surface area contributed by atoms with Crippen molar-refractivity contribution in [2.75, 3.05) is 6.54 Å². The second-order valence-electron chi connectivity index (χ2n) is 4.88. The molecule has 1 aliphatic carbocycles. The summed E-state index contributed by atoms with van der Waals surface area (Å²) in [7, 11) is 0. The van der Waals surface area contributed by atoms with Crippen molar-refractivity contribution in [2.24, 2.45) is 5.92 Å². The highest BCUT2D eigenvalue weighted by atomic mass is 14.9. The van der Waals surface area contributed by atoms with Crippen LogP contribution in [0.4, 0.5) is 0 Å². The molecule has 0 radical (unpaired) electrons. The fourth-order valence-corrected chi connectivity index (χ4v) is 2.44. The third-order valence-corrected chi connectivity index (χ3v) is 3.48. The highest BCUT2D eigenvalue weighted by Crippen LogP contribution is 2.34. The molecule has 0 amide bonds. The van der Waals surface area contributed by atoms with E-state index in [1.165, 1.54) is 37.7 Å². The summed E-state index contributed by atoms with van der Waals surface area (Å²) >= 11 is 0. The van der Waals surface area contributed by atoms with E-state index < -0.39 is 0 Å². The van der Waals surface area contributed by atoms with Crippen molar-refractivity contribution in [3.8, 4) is 0 Å². The lowest BCUT2D eigenvalue weighted by Crippen LogP contribution is -2.30. The quantitative estimate of drug-likeness (QED) is 0.738. The second kappa shape index (κ2) is 6.05. The highest BCUT2D eigenvalue weighted by Gasteiger charge is 2.29. The predicted molar refractivity (Wildman–Crippen MR) is 69.6 cm³/mol. The number of rotatable bonds is 7. The van der Waals surface area contributed by atoms with E-state index >= 15 is 0 Å². The molecule has 1 saturated carbocycles. The molecule has 1 unspecified atom stereocenters. The summed E-state index contributed by atoms with van der Waals surface area (Å²) in [4.78, 5) is 0. The second-order valence-corrected chi connectivity index (χ2v) is 4.88. The van der Waals surface area contributed by atoms with Crippen LogP contribution in [0, 0.1) is 5.92 Å². The number of hydrogen-bond acceptors (Lipinski definition) is 1. The van der Waals surface area contributed by atoms with Crippen molar-refractivity contribution in [2.45, 2.75) is 45.1 Å². The van der Waals surface area contributed by atoms with Crippen LogP contribution in [0.5, 0.6) is 0 Å². The monoisotopic (exact) mass is 217 g/mol. The van der Waals surface area contributed by atoms with Crippen molar-refractivity contribution >= 4 is 0 Å². The first-order valence-corrected chi connectivity index (χ1v) is 6.67. The first kappa shape index (κ1) is 11.7. The minimum Gasteiger partial charge on any atom is -0.314 e. The van der Waals surface area contributed by atoms with Crippen molar-refractivity contribution in [3.05, 3.63) is 35.9 Å². The van der Waals surface area contributed by atoms with Crippen LogP contribution < -0.4 is 5.32 Å². The van der Waals surface area contributed by atoms with E-state index in [4.69, 9.17) is 0 Å². The SMILES string of the molecule is CCNC(CCCc1ccccc1)C1CC1. The molecular formula is C15H23N. The van der Waals surface area contributed by atoms with Gasteiger partial charge in [-0.1, -0.05) is 37.3 Å². The van der Waals surface area contributed by atoms with Gasteiger partial charge >= 0.3 is 0 Å². The molecule has 1 heteroatoms. The number of benzene rings is 1. The Morgan fingerprint density at radius 2 is 2.00 bits per heavy atom. The Hall–Kier alpha value is -0.820. The molecule has 88 valence electrons. The minimum atomic E-state index is 0.786. The van der Waals surface area contributed by atoms with E-state index in [0.29, 0.717) is 0 Å². The standard InChI is InChI=1S/C15H23N/c1-2-16-15(14-11-12-14)10-6-9-13-7-4-3-5-8-13/h3-5,7-8,14-16H,2,6,9-12H2,1H3. The van der Waals surface area contributed by atoms with Gasteiger partial charge in [0.05, 0.1) is 0 Å². The van der Waals surface area contributed by atoms with Crippen LogP contribution in [0.25, 0.3) is 0 Å². The van der Waals surface area contributed by atoms with Crippen molar-refractivity contribution in [3.63, 3.8) is 0 Å². The zero-order valence-electron chi connectivity index (χ0n) is 10.3. The molecule has 0 saturated heterocycles. The Bertz CT molecular complexity index is 290. The smallest absolute Gasteiger partial charge is 0.00953 e. The summed E-state index contributed by atoms with van der Waals surface area (Å²) in [5.74, 6) is 0.982. The molecule has 0 aromatic heterocycles. The lowest BCUT2D eigenvalue weighted by molar-refractivity contribution is 0.434. The molecule has 1 atom stereocenters. The summed E-state index contributed by atoms with van der Waals surface area (Å²) in [5.41, 5.74) is 1.48. The van der Waals surface area contributed by atoms with E-state index in [1.807, 2.05) is 0 Å². The highest BCUT2D eigenvalue weighted by molar-refractivity contribution is 5.14. The van der Waals surface area contributed by atoms with Crippen LogP contribution in [-0.4, -0.2) is 12.6 Å². The van der Waals surface area contributed by atoms with Crippen molar-refractivity contribution < 1.29 is 0 Å². The lowest BCUT2D eigenvalue weighted by Gasteiger charge is -2.16. The number of nitrogens with one attached hydrogen (secondary N) is 1. The molecular weight excluding hydrogens is 194 g/mol. The van der Waals surface area contributed by atoms with Gasteiger partial charge in [0.2, 0.25) is 0 Å². The zero-order valence-corrected chi connectivity index (χ0v) is 10.3. The van der Waals surface area contributed by atoms with Crippen LogP contribution in [-0.2, 0) is 6.42 Å². The first-order chi connectivity index (χ1) is 7.90. The van der Waals surface area contributed by atoms with Gasteiger partial charge in [-0.3, -0.25) is 0 Å². The summed E-state index contributed by atoms with van der Waals surface area (Å²) in [6.45, 7) is 3.33. The molecule has 0 bridgehead atoms. The summed E-state index contributed by atoms with van der Waals surface area (Å²) in [5, 5.41) is 3.63. The lowest BCUT2D eigenvalue weighted by atomic mass is 10.0. The van der Waals surface area contributed by atoms with E-state index in [1.54, 1.807) is 0 Å². The van der Waals surface area contributed by atoms with Gasteiger partial charge < -0.3 is 5.32 Å². The van der Waals surface area contributed by atoms with Gasteiger partial charge in [0, 0.05) is 6.04 Å². The van der Waals surface area contributed by atoms with Gasteiger partial charge in [-0.2, -0.15) is 0 Å². The Labute approximate surface area is 99.3 Å². The van der Waals surface area contributed by atoms with Crippen LogP contribution in [0.2, 0.25) is 0 Å². The van der Waals surface area contributed by atoms with E-state index in [-0.39, 0.29) is 0 Å². The molecule has 0 spiro atoms. The molecule has 1 N–H and O–H groups in total. The Morgan fingerprint density at radius 3 is 2.62 bits per heavy atom. The molecule has 1 aromatic rings. The van der Waals surface area contributed by atoms with Gasteiger partial charge in [-0.15, -0.1) is 0 Å². The van der Waals surface area contributed by atoms with Crippen molar-refractivity contribution in [1.82, 2.24) is 5.32 Å². The third kappa shape index (κ3) is 3.64. The van der Waals surface area contributed by atoms with Gasteiger partial charge in [0.1, 0.15) is 0 Å². The summed E-state index contributed by atoms with van der Waals surface area (Å²) in [6.07, 6.45) is 6.78. The zero-order chi connectivity index (χ0) is 11.2. The maximum atomic E-state index is 3.63. The van der Waals surface area contributed by atoms with Crippen LogP contribution in [0.15, 0.2) is 30.3 Å². The Kier molecular flexibility index (Phi) is 4.41. The topological polar surface area (TPSA) is 12.0 Å². The fourth-order valence-electron chi connectivity index (χ4n) is 2.44. The fraction of sp³-hybridized carbons (Fsp3) is 0.600. The van der Waals surface area contributed by atoms with Crippen LogP contribution in [0.1, 0.15) is 38.2 Å². The maximum absolute atomic E-state index is 3.63. The van der Waals surface area contributed by atoms with Crippen molar-refractivity contribution in [1.29, 1.82) is 0 Å². The summed E-state index contributed by atoms with van der Waals surface area (Å²) in [6, 6.07) is 11.6. The number of aryl methyl sites for hydroxylation is 1. The average molecular weight is 217 g/mol. The normalized spacial score (nSPS) is 17.3. The maximum Gasteiger partial charge on any atom is 0.00953 e. The van der Waals surface area contributed by atoms with Gasteiger partial charge in [0.15, 0.2) is 0 Å². The molecule has 1 nitrogen and oxygen atoms in total. The predicted octanol–water partition coefficient (Wildman–Crippen LogP) is 3.40. The minimum absolute atomic E-state index is 0.786. The van der Waals surface area contributed by atoms with Gasteiger partial charge in [-0.05, 0) is 50.1 Å². The van der Waals surface area contributed by atoms with E-state index in [0.717, 1.165) is 18.5 Å². The van der Waals surface area contributed by atoms with E-state index in [2.05, 4.69) is 42.6 Å². The third-order valence-electron chi connectivity index (χ3n) is 3.48. The molecule has 1 fully saturated rings. The largest absolute Gasteiger partial charge is 0.314 e. The molecule has 2 rings (SSSR count). The van der Waals surface area contributed by atoms with Crippen LogP contribution in [0.3, 0.4) is 0 Å². The van der Waals surface area contributed by atoms with Gasteiger partial charge in [-0.25, -0.2) is 0 Å². The number of hydrogen-bond donors (Lipinski definition) is 1. The molecule has 0 heterocycles. The molecule has 1 aliphatic rings.